The van der Waals surface area contributed by atoms with Crippen molar-refractivity contribution in [3.63, 3.8) is 0 Å². The maximum atomic E-state index is 12.7. The van der Waals surface area contributed by atoms with E-state index in [0.717, 1.165) is 42.4 Å². The summed E-state index contributed by atoms with van der Waals surface area (Å²) in [6.07, 6.45) is 3.45. The molecule has 2 N–H and O–H groups in total. The quantitative estimate of drug-likeness (QED) is 0.859. The van der Waals surface area contributed by atoms with Crippen LogP contribution in [0, 0.1) is 13.8 Å². The molecular formula is C21H25NO2. The zero-order chi connectivity index (χ0) is 17.2. The molecule has 1 fully saturated rings. The molecular weight excluding hydrogens is 298 g/mol. The largest absolute Gasteiger partial charge is 0.456 e. The van der Waals surface area contributed by atoms with Crippen LogP contribution in [-0.2, 0) is 10.3 Å². The number of hydrogen-bond donors (Lipinski definition) is 1. The van der Waals surface area contributed by atoms with Crippen LogP contribution < -0.4 is 5.73 Å². The van der Waals surface area contributed by atoms with Gasteiger partial charge in [-0.3, -0.25) is 0 Å². The van der Waals surface area contributed by atoms with Crippen molar-refractivity contribution >= 4 is 5.97 Å². The van der Waals surface area contributed by atoms with Crippen LogP contribution in [-0.4, -0.2) is 12.1 Å². The second kappa shape index (κ2) is 6.78. The first-order valence-electron chi connectivity index (χ1n) is 8.63. The van der Waals surface area contributed by atoms with E-state index in [1.54, 1.807) is 0 Å². The molecule has 24 heavy (non-hydrogen) atoms. The van der Waals surface area contributed by atoms with E-state index in [-0.39, 0.29) is 12.1 Å². The molecule has 1 aliphatic carbocycles. The van der Waals surface area contributed by atoms with E-state index in [1.807, 2.05) is 56.3 Å². The molecule has 0 heterocycles. The van der Waals surface area contributed by atoms with Gasteiger partial charge in [0.1, 0.15) is 6.10 Å². The van der Waals surface area contributed by atoms with Gasteiger partial charge in [-0.1, -0.05) is 53.9 Å². The van der Waals surface area contributed by atoms with Crippen LogP contribution in [0.5, 0.6) is 0 Å². The minimum Gasteiger partial charge on any atom is -0.456 e. The molecule has 2 unspecified atom stereocenters. The van der Waals surface area contributed by atoms with E-state index < -0.39 is 5.54 Å². The number of carbonyl (C=O) groups is 1. The van der Waals surface area contributed by atoms with Crippen molar-refractivity contribution in [1.29, 1.82) is 0 Å². The summed E-state index contributed by atoms with van der Waals surface area (Å²) in [5.74, 6) is -0.278. The van der Waals surface area contributed by atoms with Gasteiger partial charge >= 0.3 is 5.97 Å². The van der Waals surface area contributed by atoms with E-state index in [1.165, 1.54) is 0 Å². The van der Waals surface area contributed by atoms with Crippen molar-refractivity contribution in [1.82, 2.24) is 0 Å². The molecule has 1 aliphatic rings. The first-order valence-corrected chi connectivity index (χ1v) is 8.63. The minimum absolute atomic E-state index is 0.278. The molecule has 0 spiro atoms. The molecule has 2 aromatic carbocycles. The number of benzene rings is 2. The Bertz CT molecular complexity index is 706. The number of nitrogens with two attached hydrogens (primary N) is 1. The molecule has 3 heteroatoms. The highest BCUT2D eigenvalue weighted by atomic mass is 16.5. The zero-order valence-corrected chi connectivity index (χ0v) is 14.4. The third kappa shape index (κ3) is 3.36. The summed E-state index contributed by atoms with van der Waals surface area (Å²) in [6, 6.07) is 15.8. The third-order valence-corrected chi connectivity index (χ3v) is 4.90. The van der Waals surface area contributed by atoms with Crippen molar-refractivity contribution in [3.05, 3.63) is 70.8 Å². The highest BCUT2D eigenvalue weighted by molar-refractivity contribution is 5.90. The Morgan fingerprint density at radius 3 is 2.42 bits per heavy atom. The maximum Gasteiger partial charge on any atom is 0.338 e. The summed E-state index contributed by atoms with van der Waals surface area (Å²) >= 11 is 0. The summed E-state index contributed by atoms with van der Waals surface area (Å²) < 4.78 is 5.89. The molecule has 2 atom stereocenters. The van der Waals surface area contributed by atoms with Gasteiger partial charge in [0.25, 0.3) is 0 Å². The van der Waals surface area contributed by atoms with Crippen molar-refractivity contribution in [2.24, 2.45) is 5.73 Å². The molecule has 3 nitrogen and oxygen atoms in total. The molecule has 0 bridgehead atoms. The molecule has 3 rings (SSSR count). The number of ether oxygens (including phenoxy) is 1. The van der Waals surface area contributed by atoms with E-state index in [2.05, 4.69) is 6.07 Å². The van der Waals surface area contributed by atoms with E-state index in [0.29, 0.717) is 5.56 Å². The predicted octanol–water partition coefficient (Wildman–Crippen LogP) is 4.26. The minimum atomic E-state index is -0.603. The lowest BCUT2D eigenvalue weighted by Crippen LogP contribution is -2.51. The molecule has 2 aromatic rings. The van der Waals surface area contributed by atoms with Crippen molar-refractivity contribution < 1.29 is 9.53 Å². The fraction of sp³-hybridized carbons (Fsp3) is 0.381. The van der Waals surface area contributed by atoms with Crippen LogP contribution in [0.25, 0.3) is 0 Å². The van der Waals surface area contributed by atoms with Gasteiger partial charge in [-0.05, 0) is 50.8 Å². The average Bonchev–Trinajstić information content (AvgIpc) is 2.57. The Labute approximate surface area is 143 Å². The van der Waals surface area contributed by atoms with Gasteiger partial charge in [-0.25, -0.2) is 4.79 Å². The van der Waals surface area contributed by atoms with Gasteiger partial charge in [-0.15, -0.1) is 0 Å². The van der Waals surface area contributed by atoms with Crippen molar-refractivity contribution in [2.45, 2.75) is 51.2 Å². The first kappa shape index (κ1) is 16.7. The van der Waals surface area contributed by atoms with Gasteiger partial charge in [0.2, 0.25) is 0 Å². The monoisotopic (exact) mass is 323 g/mol. The van der Waals surface area contributed by atoms with Crippen LogP contribution in [0.1, 0.15) is 52.7 Å². The molecule has 0 radical (unpaired) electrons. The van der Waals surface area contributed by atoms with E-state index in [4.69, 9.17) is 10.5 Å². The number of esters is 1. The third-order valence-electron chi connectivity index (χ3n) is 4.90. The van der Waals surface area contributed by atoms with Gasteiger partial charge in [0, 0.05) is 0 Å². The highest BCUT2D eigenvalue weighted by Crippen LogP contribution is 2.37. The smallest absolute Gasteiger partial charge is 0.338 e. The first-order chi connectivity index (χ1) is 11.5. The van der Waals surface area contributed by atoms with E-state index >= 15 is 0 Å². The Balaban J connectivity index is 1.85. The average molecular weight is 323 g/mol. The van der Waals surface area contributed by atoms with Crippen LogP contribution in [0.15, 0.2) is 48.5 Å². The summed E-state index contributed by atoms with van der Waals surface area (Å²) in [5, 5.41) is 0. The van der Waals surface area contributed by atoms with Gasteiger partial charge in [0.15, 0.2) is 0 Å². The standard InChI is InChI=1S/C21H25NO2/c1-15-12-16(2)14-17(13-15)20(23)24-19-10-6-7-11-21(19,22)18-8-4-3-5-9-18/h3-5,8-9,12-14,19H,6-7,10-11,22H2,1-2H3. The predicted molar refractivity (Wildman–Crippen MR) is 95.9 cm³/mol. The maximum absolute atomic E-state index is 12.7. The Morgan fingerprint density at radius 2 is 1.75 bits per heavy atom. The second-order valence-electron chi connectivity index (χ2n) is 6.92. The summed E-state index contributed by atoms with van der Waals surface area (Å²) in [6.45, 7) is 3.98. The summed E-state index contributed by atoms with van der Waals surface area (Å²) in [7, 11) is 0. The van der Waals surface area contributed by atoms with Crippen LogP contribution in [0.4, 0.5) is 0 Å². The fourth-order valence-corrected chi connectivity index (χ4v) is 3.70. The lowest BCUT2D eigenvalue weighted by molar-refractivity contribution is -0.00952. The number of aryl methyl sites for hydroxylation is 2. The Morgan fingerprint density at radius 1 is 1.08 bits per heavy atom. The van der Waals surface area contributed by atoms with Crippen LogP contribution >= 0.6 is 0 Å². The Hall–Kier alpha value is -2.13. The molecule has 0 saturated heterocycles. The topological polar surface area (TPSA) is 52.3 Å². The van der Waals surface area contributed by atoms with Crippen LogP contribution in [0.2, 0.25) is 0 Å². The fourth-order valence-electron chi connectivity index (χ4n) is 3.70. The summed E-state index contributed by atoms with van der Waals surface area (Å²) in [5.41, 5.74) is 9.91. The van der Waals surface area contributed by atoms with Gasteiger partial charge in [-0.2, -0.15) is 0 Å². The van der Waals surface area contributed by atoms with Gasteiger partial charge < -0.3 is 10.5 Å². The van der Waals surface area contributed by atoms with Gasteiger partial charge in [0.05, 0.1) is 11.1 Å². The number of rotatable bonds is 3. The van der Waals surface area contributed by atoms with Crippen LogP contribution in [0.3, 0.4) is 0 Å². The highest BCUT2D eigenvalue weighted by Gasteiger charge is 2.41. The lowest BCUT2D eigenvalue weighted by atomic mass is 9.75. The molecule has 0 aliphatic heterocycles. The second-order valence-corrected chi connectivity index (χ2v) is 6.92. The molecule has 0 amide bonds. The summed E-state index contributed by atoms with van der Waals surface area (Å²) in [4.78, 5) is 12.7. The van der Waals surface area contributed by atoms with Crippen molar-refractivity contribution in [2.75, 3.05) is 0 Å². The SMILES string of the molecule is Cc1cc(C)cc(C(=O)OC2CCCCC2(N)c2ccccc2)c1. The molecule has 1 saturated carbocycles. The van der Waals surface area contributed by atoms with Crippen molar-refractivity contribution in [3.8, 4) is 0 Å². The number of hydrogen-bond acceptors (Lipinski definition) is 3. The molecule has 0 aromatic heterocycles. The number of carbonyl (C=O) groups excluding carboxylic acids is 1. The van der Waals surface area contributed by atoms with E-state index in [9.17, 15) is 4.79 Å². The zero-order valence-electron chi connectivity index (χ0n) is 14.4. The Kier molecular flexibility index (Phi) is 4.72. The molecule has 126 valence electrons. The normalized spacial score (nSPS) is 23.7. The lowest BCUT2D eigenvalue weighted by Gasteiger charge is -2.40.